The van der Waals surface area contributed by atoms with Gasteiger partial charge in [-0.05, 0) is 24.6 Å². The maximum Gasteiger partial charge on any atom is 0.215 e. The lowest BCUT2D eigenvalue weighted by Crippen LogP contribution is -2.04. The molecule has 3 aromatic rings. The standard InChI is InChI=1S/C16H13N3O2/c1-10-6-7-15(20)13(8-10)11-4-2-3-5-12(11)16(21)14-9-17-19-18-14/h2-9,20H,1H3,(H,17,18,19). The molecule has 21 heavy (non-hydrogen) atoms. The summed E-state index contributed by atoms with van der Waals surface area (Å²) in [6.45, 7) is 1.94. The molecule has 2 N–H and O–H groups in total. The Labute approximate surface area is 121 Å². The molecule has 0 spiro atoms. The van der Waals surface area contributed by atoms with Gasteiger partial charge in [0.25, 0.3) is 0 Å². The monoisotopic (exact) mass is 279 g/mol. The van der Waals surface area contributed by atoms with Crippen LogP contribution in [0.1, 0.15) is 21.6 Å². The third-order valence-electron chi connectivity index (χ3n) is 3.26. The van der Waals surface area contributed by atoms with Crippen LogP contribution in [0, 0.1) is 6.92 Å². The van der Waals surface area contributed by atoms with E-state index in [0.29, 0.717) is 16.7 Å². The van der Waals surface area contributed by atoms with E-state index in [1.165, 1.54) is 6.20 Å². The first kappa shape index (κ1) is 13.1. The Hall–Kier alpha value is -2.95. The molecule has 0 saturated carbocycles. The number of hydrogen-bond donors (Lipinski definition) is 2. The molecule has 2 aromatic carbocycles. The Morgan fingerprint density at radius 2 is 1.95 bits per heavy atom. The van der Waals surface area contributed by atoms with Gasteiger partial charge >= 0.3 is 0 Å². The lowest BCUT2D eigenvalue weighted by atomic mass is 9.94. The summed E-state index contributed by atoms with van der Waals surface area (Å²) in [4.78, 5) is 12.5. The number of rotatable bonds is 3. The summed E-state index contributed by atoms with van der Waals surface area (Å²) in [5.74, 6) is -0.0961. The van der Waals surface area contributed by atoms with Gasteiger partial charge in [0.05, 0.1) is 6.20 Å². The molecule has 0 unspecified atom stereocenters. The van der Waals surface area contributed by atoms with Crippen LogP contribution in [0.15, 0.2) is 48.7 Å². The fourth-order valence-corrected chi connectivity index (χ4v) is 2.23. The predicted molar refractivity (Wildman–Crippen MR) is 78.1 cm³/mol. The number of aromatic amines is 1. The van der Waals surface area contributed by atoms with E-state index in [1.54, 1.807) is 18.2 Å². The summed E-state index contributed by atoms with van der Waals surface area (Å²) in [5, 5.41) is 20.0. The molecule has 0 amide bonds. The molecule has 0 aliphatic rings. The lowest BCUT2D eigenvalue weighted by Gasteiger charge is -2.10. The molecule has 0 aliphatic heterocycles. The van der Waals surface area contributed by atoms with Crippen molar-refractivity contribution >= 4 is 5.78 Å². The van der Waals surface area contributed by atoms with E-state index >= 15 is 0 Å². The van der Waals surface area contributed by atoms with Crippen molar-refractivity contribution in [3.63, 3.8) is 0 Å². The fraction of sp³-hybridized carbons (Fsp3) is 0.0625. The van der Waals surface area contributed by atoms with Gasteiger partial charge in [-0.25, -0.2) is 0 Å². The van der Waals surface area contributed by atoms with Crippen LogP contribution >= 0.6 is 0 Å². The molecular formula is C16H13N3O2. The van der Waals surface area contributed by atoms with Gasteiger partial charge in [-0.2, -0.15) is 15.4 Å². The molecule has 0 radical (unpaired) electrons. The number of carbonyl (C=O) groups excluding carboxylic acids is 1. The van der Waals surface area contributed by atoms with Gasteiger partial charge in [-0.15, -0.1) is 0 Å². The number of phenols is 1. The molecule has 0 fully saturated rings. The average molecular weight is 279 g/mol. The van der Waals surface area contributed by atoms with Crippen LogP contribution in [0.3, 0.4) is 0 Å². The third-order valence-corrected chi connectivity index (χ3v) is 3.26. The van der Waals surface area contributed by atoms with E-state index in [-0.39, 0.29) is 17.2 Å². The number of benzene rings is 2. The molecule has 104 valence electrons. The summed E-state index contributed by atoms with van der Waals surface area (Å²) < 4.78 is 0. The number of nitrogens with zero attached hydrogens (tertiary/aromatic N) is 2. The SMILES string of the molecule is Cc1ccc(O)c(-c2ccccc2C(=O)c2cn[nH]n2)c1. The summed E-state index contributed by atoms with van der Waals surface area (Å²) >= 11 is 0. The number of phenolic OH excluding ortho intramolecular Hbond substituents is 1. The zero-order valence-corrected chi connectivity index (χ0v) is 11.4. The third kappa shape index (κ3) is 2.41. The van der Waals surface area contributed by atoms with Gasteiger partial charge in [0.2, 0.25) is 5.78 Å². The molecule has 0 saturated heterocycles. The fourth-order valence-electron chi connectivity index (χ4n) is 2.23. The van der Waals surface area contributed by atoms with Gasteiger partial charge < -0.3 is 5.11 Å². The van der Waals surface area contributed by atoms with Crippen molar-refractivity contribution in [1.29, 1.82) is 0 Å². The van der Waals surface area contributed by atoms with Crippen molar-refractivity contribution in [2.75, 3.05) is 0 Å². The van der Waals surface area contributed by atoms with Crippen molar-refractivity contribution in [3.05, 3.63) is 65.5 Å². The number of aromatic hydroxyl groups is 1. The average Bonchev–Trinajstić information content (AvgIpc) is 3.03. The van der Waals surface area contributed by atoms with Crippen LogP contribution in [0.5, 0.6) is 5.75 Å². The number of nitrogens with one attached hydrogen (secondary N) is 1. The zero-order chi connectivity index (χ0) is 14.8. The number of aryl methyl sites for hydroxylation is 1. The van der Waals surface area contributed by atoms with Gasteiger partial charge in [0, 0.05) is 11.1 Å². The van der Waals surface area contributed by atoms with Crippen LogP contribution in [0.4, 0.5) is 0 Å². The van der Waals surface area contributed by atoms with E-state index in [2.05, 4.69) is 15.4 Å². The molecule has 5 heteroatoms. The first-order valence-corrected chi connectivity index (χ1v) is 6.46. The first-order valence-electron chi connectivity index (χ1n) is 6.46. The Morgan fingerprint density at radius 1 is 1.14 bits per heavy atom. The number of H-pyrrole nitrogens is 1. The quantitative estimate of drug-likeness (QED) is 0.722. The van der Waals surface area contributed by atoms with Crippen molar-refractivity contribution in [1.82, 2.24) is 15.4 Å². The second kappa shape index (κ2) is 5.20. The van der Waals surface area contributed by atoms with Gasteiger partial charge in [-0.1, -0.05) is 35.9 Å². The molecule has 0 aliphatic carbocycles. The highest BCUT2D eigenvalue weighted by molar-refractivity contribution is 6.11. The topological polar surface area (TPSA) is 78.9 Å². The summed E-state index contributed by atoms with van der Waals surface area (Å²) in [6, 6.07) is 12.4. The van der Waals surface area contributed by atoms with Gasteiger partial charge in [0.15, 0.2) is 5.69 Å². The number of aromatic nitrogens is 3. The zero-order valence-electron chi connectivity index (χ0n) is 11.4. The smallest absolute Gasteiger partial charge is 0.215 e. The van der Waals surface area contributed by atoms with E-state index in [0.717, 1.165) is 5.56 Å². The summed E-state index contributed by atoms with van der Waals surface area (Å²) in [5.41, 5.74) is 3.03. The number of ketones is 1. The highest BCUT2D eigenvalue weighted by atomic mass is 16.3. The lowest BCUT2D eigenvalue weighted by molar-refractivity contribution is 0.103. The van der Waals surface area contributed by atoms with Crippen LogP contribution in [0.2, 0.25) is 0 Å². The van der Waals surface area contributed by atoms with Crippen molar-refractivity contribution < 1.29 is 9.90 Å². The minimum absolute atomic E-state index is 0.140. The molecule has 1 heterocycles. The molecule has 0 bridgehead atoms. The van der Waals surface area contributed by atoms with Crippen LogP contribution in [-0.4, -0.2) is 26.3 Å². The normalized spacial score (nSPS) is 10.5. The number of carbonyl (C=O) groups is 1. The van der Waals surface area contributed by atoms with Crippen molar-refractivity contribution in [2.45, 2.75) is 6.92 Å². The maximum absolute atomic E-state index is 12.5. The molecular weight excluding hydrogens is 266 g/mol. The van der Waals surface area contributed by atoms with Crippen molar-refractivity contribution in [2.24, 2.45) is 0 Å². The predicted octanol–water partition coefficient (Wildman–Crippen LogP) is 2.72. The molecule has 1 aromatic heterocycles. The van der Waals surface area contributed by atoms with Gasteiger partial charge in [0.1, 0.15) is 5.75 Å². The van der Waals surface area contributed by atoms with Crippen molar-refractivity contribution in [3.8, 4) is 16.9 Å². The minimum atomic E-state index is -0.236. The second-order valence-electron chi connectivity index (χ2n) is 4.75. The van der Waals surface area contributed by atoms with E-state index in [9.17, 15) is 9.90 Å². The Morgan fingerprint density at radius 3 is 2.71 bits per heavy atom. The summed E-state index contributed by atoms with van der Waals surface area (Å²) in [7, 11) is 0. The Kier molecular flexibility index (Phi) is 3.23. The largest absolute Gasteiger partial charge is 0.507 e. The minimum Gasteiger partial charge on any atom is -0.507 e. The van der Waals surface area contributed by atoms with Crippen LogP contribution in [-0.2, 0) is 0 Å². The van der Waals surface area contributed by atoms with Crippen LogP contribution < -0.4 is 0 Å². The first-order chi connectivity index (χ1) is 10.2. The molecule has 5 nitrogen and oxygen atoms in total. The maximum atomic E-state index is 12.5. The summed E-state index contributed by atoms with van der Waals surface area (Å²) in [6.07, 6.45) is 1.38. The van der Waals surface area contributed by atoms with E-state index in [1.807, 2.05) is 31.2 Å². The number of hydrogen-bond acceptors (Lipinski definition) is 4. The molecule has 0 atom stereocenters. The van der Waals surface area contributed by atoms with E-state index < -0.39 is 0 Å². The Bertz CT molecular complexity index is 795. The highest BCUT2D eigenvalue weighted by Crippen LogP contribution is 2.33. The second-order valence-corrected chi connectivity index (χ2v) is 4.75. The molecule has 3 rings (SSSR count). The van der Waals surface area contributed by atoms with Gasteiger partial charge in [-0.3, -0.25) is 4.79 Å². The Balaban J connectivity index is 2.16. The highest BCUT2D eigenvalue weighted by Gasteiger charge is 2.18. The van der Waals surface area contributed by atoms with Crippen LogP contribution in [0.25, 0.3) is 11.1 Å². The van der Waals surface area contributed by atoms with E-state index in [4.69, 9.17) is 0 Å².